The van der Waals surface area contributed by atoms with Crippen molar-refractivity contribution in [3.05, 3.63) is 53.6 Å². The van der Waals surface area contributed by atoms with Crippen molar-refractivity contribution in [3.8, 4) is 0 Å². The molecule has 0 saturated carbocycles. The summed E-state index contributed by atoms with van der Waals surface area (Å²) >= 11 is 0. The monoisotopic (exact) mass is 281 g/mol. The molecule has 0 radical (unpaired) electrons. The Morgan fingerprint density at radius 2 is 1.80 bits per heavy atom. The molecule has 2 N–H and O–H groups in total. The maximum absolute atomic E-state index is 13.4. The van der Waals surface area contributed by atoms with Crippen LogP contribution in [-0.4, -0.2) is 17.9 Å². The van der Waals surface area contributed by atoms with E-state index >= 15 is 0 Å². The van der Waals surface area contributed by atoms with Gasteiger partial charge in [-0.2, -0.15) is 0 Å². The lowest BCUT2D eigenvalue weighted by Gasteiger charge is -2.08. The molecule has 104 valence electrons. The molecule has 1 amide bonds. The van der Waals surface area contributed by atoms with Gasteiger partial charge in [0, 0.05) is 19.2 Å². The molecule has 0 fully saturated rings. The number of carbonyl (C=O) groups excluding carboxylic acids is 1. The average Bonchev–Trinajstić information content (AvgIpc) is 2.42. The zero-order valence-electron chi connectivity index (χ0n) is 10.4. The predicted molar refractivity (Wildman–Crippen MR) is 68.1 cm³/mol. The lowest BCUT2D eigenvalue weighted by atomic mass is 10.2. The van der Waals surface area contributed by atoms with Gasteiger partial charge in [-0.25, -0.2) is 18.2 Å². The van der Waals surface area contributed by atoms with Crippen LogP contribution in [0.4, 0.5) is 24.5 Å². The summed E-state index contributed by atoms with van der Waals surface area (Å²) in [4.78, 5) is 15.6. The Morgan fingerprint density at radius 1 is 1.15 bits per heavy atom. The number of rotatable bonds is 3. The quantitative estimate of drug-likeness (QED) is 0.909. The Bertz CT molecular complexity index is 621. The fraction of sp³-hybridized carbons (Fsp3) is 0.0769. The number of benzene rings is 1. The smallest absolute Gasteiger partial charge is 0.274 e. The van der Waals surface area contributed by atoms with Crippen LogP contribution < -0.4 is 10.6 Å². The van der Waals surface area contributed by atoms with Gasteiger partial charge in [0.15, 0.2) is 11.6 Å². The molecule has 0 spiro atoms. The fourth-order valence-corrected chi connectivity index (χ4v) is 1.52. The minimum Gasteiger partial charge on any atom is -0.387 e. The molecular formula is C13H10F3N3O. The first-order valence-electron chi connectivity index (χ1n) is 5.61. The van der Waals surface area contributed by atoms with E-state index in [1.165, 1.54) is 12.3 Å². The molecule has 0 aliphatic heterocycles. The molecule has 0 saturated heterocycles. The Labute approximate surface area is 112 Å². The average molecular weight is 281 g/mol. The molecule has 7 heteroatoms. The molecule has 4 nitrogen and oxygen atoms in total. The van der Waals surface area contributed by atoms with Crippen LogP contribution in [0.15, 0.2) is 30.5 Å². The van der Waals surface area contributed by atoms with E-state index in [2.05, 4.69) is 10.3 Å². The summed E-state index contributed by atoms with van der Waals surface area (Å²) in [5.41, 5.74) is -0.0521. The lowest BCUT2D eigenvalue weighted by Crippen LogP contribution is -2.16. The summed E-state index contributed by atoms with van der Waals surface area (Å²) in [6, 6.07) is 3.94. The molecule has 2 rings (SSSR count). The lowest BCUT2D eigenvalue weighted by molar-refractivity contribution is 0.102. The maximum atomic E-state index is 13.4. The zero-order valence-corrected chi connectivity index (χ0v) is 10.4. The van der Waals surface area contributed by atoms with Crippen LogP contribution >= 0.6 is 0 Å². The molecule has 2 aromatic rings. The Morgan fingerprint density at radius 3 is 2.30 bits per heavy atom. The van der Waals surface area contributed by atoms with Gasteiger partial charge in [0.2, 0.25) is 0 Å². The number of nitrogens with zero attached hydrogens (tertiary/aromatic N) is 1. The van der Waals surface area contributed by atoms with E-state index in [0.717, 1.165) is 0 Å². The van der Waals surface area contributed by atoms with Gasteiger partial charge in [0.25, 0.3) is 5.91 Å². The van der Waals surface area contributed by atoms with Crippen LogP contribution in [0.2, 0.25) is 0 Å². The second-order valence-corrected chi connectivity index (χ2v) is 3.88. The van der Waals surface area contributed by atoms with Gasteiger partial charge in [-0.3, -0.25) is 4.79 Å². The summed E-state index contributed by atoms with van der Waals surface area (Å²) in [5, 5.41) is 4.83. The number of nitrogens with one attached hydrogen (secondary N) is 2. The number of anilines is 2. The van der Waals surface area contributed by atoms with Crippen LogP contribution in [0, 0.1) is 17.5 Å². The van der Waals surface area contributed by atoms with Gasteiger partial charge >= 0.3 is 0 Å². The molecule has 0 aliphatic carbocycles. The second-order valence-electron chi connectivity index (χ2n) is 3.88. The summed E-state index contributed by atoms with van der Waals surface area (Å²) in [6.45, 7) is 0. The van der Waals surface area contributed by atoms with Crippen LogP contribution in [0.5, 0.6) is 0 Å². The number of aromatic nitrogens is 1. The second kappa shape index (κ2) is 5.60. The van der Waals surface area contributed by atoms with E-state index in [-0.39, 0.29) is 5.69 Å². The molecule has 20 heavy (non-hydrogen) atoms. The third kappa shape index (κ3) is 2.87. The number of hydrogen-bond donors (Lipinski definition) is 2. The van der Waals surface area contributed by atoms with Crippen molar-refractivity contribution in [2.24, 2.45) is 0 Å². The van der Waals surface area contributed by atoms with E-state index in [1.807, 2.05) is 5.32 Å². The number of hydrogen-bond acceptors (Lipinski definition) is 3. The molecule has 1 aromatic heterocycles. The first-order valence-corrected chi connectivity index (χ1v) is 5.61. The van der Waals surface area contributed by atoms with Crippen LogP contribution in [-0.2, 0) is 0 Å². The Hall–Kier alpha value is -2.57. The Balaban J connectivity index is 2.23. The van der Waals surface area contributed by atoms with Crippen molar-refractivity contribution in [1.29, 1.82) is 0 Å². The number of carbonyl (C=O) groups is 1. The van der Waals surface area contributed by atoms with Crippen molar-refractivity contribution in [2.45, 2.75) is 0 Å². The number of pyridine rings is 1. The van der Waals surface area contributed by atoms with Gasteiger partial charge in [-0.05, 0) is 12.1 Å². The summed E-state index contributed by atoms with van der Waals surface area (Å²) in [7, 11) is 1.68. The summed E-state index contributed by atoms with van der Waals surface area (Å²) < 4.78 is 39.5. The number of halogens is 3. The first kappa shape index (κ1) is 13.9. The highest BCUT2D eigenvalue weighted by Gasteiger charge is 2.16. The van der Waals surface area contributed by atoms with Crippen molar-refractivity contribution >= 4 is 17.3 Å². The van der Waals surface area contributed by atoms with Crippen LogP contribution in [0.1, 0.15) is 10.5 Å². The third-order valence-corrected chi connectivity index (χ3v) is 2.53. The highest BCUT2D eigenvalue weighted by molar-refractivity contribution is 6.03. The summed E-state index contributed by atoms with van der Waals surface area (Å²) in [6.07, 6.45) is 1.40. The molecule has 0 bridgehead atoms. The molecule has 0 atom stereocenters. The van der Waals surface area contributed by atoms with Crippen LogP contribution in [0.3, 0.4) is 0 Å². The van der Waals surface area contributed by atoms with Crippen LogP contribution in [0.25, 0.3) is 0 Å². The topological polar surface area (TPSA) is 54.0 Å². The predicted octanol–water partition coefficient (Wildman–Crippen LogP) is 2.79. The summed E-state index contributed by atoms with van der Waals surface area (Å²) in [5.74, 6) is -4.24. The van der Waals surface area contributed by atoms with E-state index in [0.29, 0.717) is 17.8 Å². The molecule has 0 aliphatic rings. The molecule has 1 heterocycles. The first-order chi connectivity index (χ1) is 9.51. The van der Waals surface area contributed by atoms with Gasteiger partial charge in [0.05, 0.1) is 11.9 Å². The largest absolute Gasteiger partial charge is 0.387 e. The standard InChI is InChI=1S/C13H10F3N3O/c1-17-8-2-3-11(18-6-8)13(20)19-12-9(15)4-7(14)5-10(12)16/h2-6,17H,1H3,(H,19,20). The Kier molecular flexibility index (Phi) is 3.88. The van der Waals surface area contributed by atoms with Gasteiger partial charge in [0.1, 0.15) is 17.2 Å². The molecular weight excluding hydrogens is 271 g/mol. The molecule has 1 aromatic carbocycles. The number of amides is 1. The van der Waals surface area contributed by atoms with Crippen molar-refractivity contribution in [1.82, 2.24) is 4.98 Å². The SMILES string of the molecule is CNc1ccc(C(=O)Nc2c(F)cc(F)cc2F)nc1. The highest BCUT2D eigenvalue weighted by atomic mass is 19.1. The van der Waals surface area contributed by atoms with E-state index in [4.69, 9.17) is 0 Å². The van der Waals surface area contributed by atoms with Gasteiger partial charge < -0.3 is 10.6 Å². The van der Waals surface area contributed by atoms with E-state index in [1.54, 1.807) is 13.1 Å². The normalized spacial score (nSPS) is 10.2. The van der Waals surface area contributed by atoms with Gasteiger partial charge in [-0.15, -0.1) is 0 Å². The highest BCUT2D eigenvalue weighted by Crippen LogP contribution is 2.20. The van der Waals surface area contributed by atoms with Crippen molar-refractivity contribution in [2.75, 3.05) is 17.7 Å². The van der Waals surface area contributed by atoms with E-state index in [9.17, 15) is 18.0 Å². The minimum absolute atomic E-state index is 0.0212. The van der Waals surface area contributed by atoms with Crippen molar-refractivity contribution in [3.63, 3.8) is 0 Å². The maximum Gasteiger partial charge on any atom is 0.274 e. The fourth-order valence-electron chi connectivity index (χ4n) is 1.52. The molecule has 0 unspecified atom stereocenters. The zero-order chi connectivity index (χ0) is 14.7. The minimum atomic E-state index is -1.19. The van der Waals surface area contributed by atoms with Crippen molar-refractivity contribution < 1.29 is 18.0 Å². The third-order valence-electron chi connectivity index (χ3n) is 2.53. The van der Waals surface area contributed by atoms with E-state index < -0.39 is 29.0 Å². The van der Waals surface area contributed by atoms with Gasteiger partial charge in [-0.1, -0.05) is 0 Å².